The fourth-order valence-corrected chi connectivity index (χ4v) is 6.32. The van der Waals surface area contributed by atoms with Gasteiger partial charge in [0.1, 0.15) is 23.6 Å². The van der Waals surface area contributed by atoms with Crippen molar-refractivity contribution < 1.29 is 120 Å². The van der Waals surface area contributed by atoms with E-state index in [0.29, 0.717) is 11.1 Å². The number of aromatic hydroxyl groups is 6. The van der Waals surface area contributed by atoms with Crippen LogP contribution in [0, 0.1) is 13.8 Å². The minimum atomic E-state index is -1.74. The number of phenolic OH excluding ortho intramolecular Hbond substituents is 6. The van der Waals surface area contributed by atoms with Gasteiger partial charge in [-0.3, -0.25) is 9.98 Å². The van der Waals surface area contributed by atoms with Crippen molar-refractivity contribution in [1.29, 1.82) is 0 Å². The maximum absolute atomic E-state index is 12.1. The van der Waals surface area contributed by atoms with Gasteiger partial charge in [0.25, 0.3) is 0 Å². The Labute approximate surface area is 343 Å². The molecule has 8 N–H and O–H groups in total. The molecule has 16 heteroatoms. The average molecular weight is 737 g/mol. The van der Waals surface area contributed by atoms with Crippen LogP contribution in [0.5, 0.6) is 34.5 Å². The molecule has 4 aromatic carbocycles. The summed E-state index contributed by atoms with van der Waals surface area (Å²) in [5, 5.41) is 111. The second kappa shape index (κ2) is 17.5. The van der Waals surface area contributed by atoms with Gasteiger partial charge in [-0.05, 0) is 47.6 Å². The third-order valence-corrected chi connectivity index (χ3v) is 8.65. The van der Waals surface area contributed by atoms with Gasteiger partial charge in [-0.1, -0.05) is 39.8 Å². The van der Waals surface area contributed by atoms with Crippen LogP contribution in [-0.4, -0.2) is 90.5 Å². The number of carbonyl (C=O) groups excluding carboxylic acids is 2. The summed E-state index contributed by atoms with van der Waals surface area (Å²) in [6.07, 6.45) is 1.76. The monoisotopic (exact) mass is 736 g/mol. The van der Waals surface area contributed by atoms with Crippen molar-refractivity contribution in [2.24, 2.45) is 9.98 Å². The maximum Gasteiger partial charge on any atom is 1.00 e. The number of rotatable bonds is 11. The Morgan fingerprint density at radius 1 is 0.615 bits per heavy atom. The zero-order valence-electron chi connectivity index (χ0n) is 30.1. The Morgan fingerprint density at radius 2 is 0.923 bits per heavy atom. The first-order valence-electron chi connectivity index (χ1n) is 15.6. The molecule has 0 aliphatic rings. The van der Waals surface area contributed by atoms with E-state index in [1.165, 1.54) is 0 Å². The molecular weight excluding hydrogens is 698 g/mol. The molecule has 14 nitrogen and oxygen atoms in total. The first-order chi connectivity index (χ1) is 23.4. The summed E-state index contributed by atoms with van der Waals surface area (Å²) in [6.45, 7) is 8.27. The zero-order valence-corrected chi connectivity index (χ0v) is 34.1. The van der Waals surface area contributed by atoms with Gasteiger partial charge in [0.2, 0.25) is 0 Å². The molecule has 0 bridgehead atoms. The average Bonchev–Trinajstić information content (AvgIpc) is 3.02. The third kappa shape index (κ3) is 7.85. The molecule has 0 saturated heterocycles. The number of aliphatic hydroxyl groups is 2. The van der Waals surface area contributed by atoms with Gasteiger partial charge in [-0.25, -0.2) is 0 Å². The fraction of sp³-hybridized carbons (Fsp3) is 0.333. The van der Waals surface area contributed by atoms with E-state index in [-0.39, 0.29) is 114 Å². The topological polar surface area (TPSA) is 267 Å². The van der Waals surface area contributed by atoms with E-state index in [1.54, 1.807) is 53.7 Å². The number of aliphatic imine (C=N–C) groups is 2. The van der Waals surface area contributed by atoms with Crippen LogP contribution in [-0.2, 0) is 9.59 Å². The fourth-order valence-electron chi connectivity index (χ4n) is 6.32. The second-order valence-electron chi connectivity index (χ2n) is 12.6. The van der Waals surface area contributed by atoms with Crippen LogP contribution in [0.3, 0.4) is 0 Å². The first kappa shape index (κ1) is 44.6. The van der Waals surface area contributed by atoms with Crippen molar-refractivity contribution in [1.82, 2.24) is 0 Å². The second-order valence-corrected chi connectivity index (χ2v) is 12.6. The summed E-state index contributed by atoms with van der Waals surface area (Å²) in [5.74, 6) is -7.85. The summed E-state index contributed by atoms with van der Waals surface area (Å²) < 4.78 is 0. The van der Waals surface area contributed by atoms with Crippen molar-refractivity contribution in [3.8, 4) is 45.6 Å². The van der Waals surface area contributed by atoms with Crippen LogP contribution >= 0.6 is 0 Å². The summed E-state index contributed by atoms with van der Waals surface area (Å²) in [7, 11) is 0. The number of aliphatic carboxylic acids is 2. The van der Waals surface area contributed by atoms with Crippen LogP contribution in [0.25, 0.3) is 32.7 Å². The summed E-state index contributed by atoms with van der Waals surface area (Å²) in [4.78, 5) is 30.5. The van der Waals surface area contributed by atoms with Gasteiger partial charge >= 0.3 is 59.1 Å². The number of carbonyl (C=O) groups is 2. The molecule has 0 aliphatic heterocycles. The SMILES string of the molecule is Cc1cc2c(C(C)C)c(O)c(O)c(C=N[C@@H](CO)C(=O)[O-])c2c(O)c1-c1c(C)cc2c(C(C)C)c(O)c(O)c(C=N[C@@H](CO)C(=O)[O-])c2c1O.[Na+].[Na+]. The van der Waals surface area contributed by atoms with E-state index in [0.717, 1.165) is 12.4 Å². The Balaban J connectivity index is 0.00000468. The zero-order chi connectivity index (χ0) is 37.5. The van der Waals surface area contributed by atoms with Crippen molar-refractivity contribution >= 4 is 45.9 Å². The molecule has 4 aromatic rings. The predicted molar refractivity (Wildman–Crippen MR) is 181 cm³/mol. The predicted octanol–water partition coefficient (Wildman–Crippen LogP) is -4.18. The van der Waals surface area contributed by atoms with Crippen LogP contribution in [0.15, 0.2) is 22.1 Å². The molecule has 2 atom stereocenters. The quantitative estimate of drug-likeness (QED) is 0.0414. The van der Waals surface area contributed by atoms with Gasteiger partial charge in [0.15, 0.2) is 23.0 Å². The van der Waals surface area contributed by atoms with Crippen molar-refractivity contribution in [3.63, 3.8) is 0 Å². The Hall–Kier alpha value is -3.60. The van der Waals surface area contributed by atoms with Gasteiger partial charge in [0.05, 0.1) is 25.2 Å². The molecule has 0 spiro atoms. The Bertz CT molecular complexity index is 1960. The van der Waals surface area contributed by atoms with E-state index < -0.39 is 83.6 Å². The number of aliphatic hydroxyl groups excluding tert-OH is 2. The number of hydrogen-bond donors (Lipinski definition) is 8. The van der Waals surface area contributed by atoms with Crippen molar-refractivity contribution in [3.05, 3.63) is 45.5 Å². The van der Waals surface area contributed by atoms with Crippen molar-refractivity contribution in [2.75, 3.05) is 13.2 Å². The third-order valence-electron chi connectivity index (χ3n) is 8.65. The molecule has 0 amide bonds. The normalized spacial score (nSPS) is 12.9. The van der Waals surface area contributed by atoms with E-state index in [4.69, 9.17) is 0 Å². The van der Waals surface area contributed by atoms with Gasteiger partial charge in [-0.2, -0.15) is 0 Å². The standard InChI is InChI=1S/C36H40N2O12.2Na/c1-13(2)23-17-7-15(5)25(31(43)27(17)19(29(41)33(23)45)9-37-21(11-39)35(47)48)26-16(6)8-18-24(14(3)4)34(46)30(42)20(28(18)32(26)44)10-38-22(12-40)36(49)50;;/h7-10,13-14,21-22,39-46H,11-12H2,1-6H3,(H,47,48)(H,49,50);;/q;2*+1/p-2/t21-,22-;;/m0../s1. The molecule has 0 fully saturated rings. The van der Waals surface area contributed by atoms with E-state index >= 15 is 0 Å². The van der Waals surface area contributed by atoms with Crippen LogP contribution < -0.4 is 69.3 Å². The maximum atomic E-state index is 12.1. The molecule has 4 rings (SSSR count). The first-order valence-corrected chi connectivity index (χ1v) is 15.6. The summed E-state index contributed by atoms with van der Waals surface area (Å²) in [5.41, 5.74) is 0.657. The number of hydrogen-bond acceptors (Lipinski definition) is 14. The molecule has 266 valence electrons. The number of carboxylic acids is 2. The Morgan fingerprint density at radius 3 is 1.17 bits per heavy atom. The van der Waals surface area contributed by atoms with E-state index in [2.05, 4.69) is 9.98 Å². The minimum Gasteiger partial charge on any atom is -0.548 e. The number of aryl methyl sites for hydroxylation is 2. The minimum absolute atomic E-state index is 0. The Kier molecular flexibility index (Phi) is 15.0. The number of nitrogens with zero attached hydrogens (tertiary/aromatic N) is 2. The van der Waals surface area contributed by atoms with Gasteiger partial charge in [0, 0.05) is 56.6 Å². The van der Waals surface area contributed by atoms with E-state index in [9.17, 15) is 60.7 Å². The van der Waals surface area contributed by atoms with Crippen LogP contribution in [0.2, 0.25) is 0 Å². The summed E-state index contributed by atoms with van der Waals surface area (Å²) in [6, 6.07) is -0.304. The number of fused-ring (bicyclic) bond motifs is 2. The molecule has 0 aromatic heterocycles. The number of carboxylic acid groups (broad SMARTS) is 2. The van der Waals surface area contributed by atoms with Gasteiger partial charge in [-0.15, -0.1) is 0 Å². The molecule has 0 heterocycles. The number of phenols is 6. The van der Waals surface area contributed by atoms with Crippen LogP contribution in [0.4, 0.5) is 0 Å². The van der Waals surface area contributed by atoms with Gasteiger partial charge < -0.3 is 60.7 Å². The van der Waals surface area contributed by atoms with Crippen LogP contribution in [0.1, 0.15) is 72.9 Å². The molecule has 52 heavy (non-hydrogen) atoms. The van der Waals surface area contributed by atoms with Crippen molar-refractivity contribution in [2.45, 2.75) is 65.5 Å². The molecule has 0 unspecified atom stereocenters. The molecule has 0 radical (unpaired) electrons. The smallest absolute Gasteiger partial charge is 0.548 e. The van der Waals surface area contributed by atoms with E-state index in [1.807, 2.05) is 0 Å². The molecule has 0 saturated carbocycles. The molecular formula is C36H38N2Na2O12. The summed E-state index contributed by atoms with van der Waals surface area (Å²) >= 11 is 0. The number of benzene rings is 4. The molecule has 0 aliphatic carbocycles. The largest absolute Gasteiger partial charge is 1.00 e.